The molecule has 180 valence electrons. The topological polar surface area (TPSA) is 91.7 Å². The number of carbonyl (C=O) groups is 1. The molecule has 0 saturated carbocycles. The fourth-order valence-electron chi connectivity index (χ4n) is 3.50. The van der Waals surface area contributed by atoms with E-state index in [2.05, 4.69) is 24.3 Å². The Morgan fingerprint density at radius 2 is 1.76 bits per heavy atom. The van der Waals surface area contributed by atoms with Gasteiger partial charge in [-0.3, -0.25) is 9.59 Å². The van der Waals surface area contributed by atoms with Crippen molar-refractivity contribution in [2.24, 2.45) is 0 Å². The van der Waals surface area contributed by atoms with E-state index < -0.39 is 0 Å². The van der Waals surface area contributed by atoms with Crippen LogP contribution in [0.3, 0.4) is 0 Å². The van der Waals surface area contributed by atoms with Crippen molar-refractivity contribution in [3.63, 3.8) is 0 Å². The lowest BCUT2D eigenvalue weighted by atomic mass is 10.0. The minimum Gasteiger partial charge on any atom is -0.493 e. The summed E-state index contributed by atoms with van der Waals surface area (Å²) in [4.78, 5) is 24.6. The third-order valence-corrected chi connectivity index (χ3v) is 5.34. The van der Waals surface area contributed by atoms with Gasteiger partial charge in [-0.15, -0.1) is 0 Å². The summed E-state index contributed by atoms with van der Waals surface area (Å²) in [6.45, 7) is 6.52. The molecule has 0 fully saturated rings. The maximum Gasteiger partial charge on any atom is 0.266 e. The highest BCUT2D eigenvalue weighted by Crippen LogP contribution is 2.31. The van der Waals surface area contributed by atoms with Gasteiger partial charge in [0.15, 0.2) is 18.1 Å². The Hall–Kier alpha value is -3.81. The van der Waals surface area contributed by atoms with E-state index in [1.165, 1.54) is 10.7 Å². The predicted octanol–water partition coefficient (Wildman–Crippen LogP) is 3.55. The second-order valence-corrected chi connectivity index (χ2v) is 8.18. The number of nitrogens with zero attached hydrogens (tertiary/aromatic N) is 2. The second-order valence-electron chi connectivity index (χ2n) is 8.18. The lowest BCUT2D eigenvalue weighted by molar-refractivity contribution is -0.123. The zero-order valence-electron chi connectivity index (χ0n) is 20.3. The third kappa shape index (κ3) is 6.15. The van der Waals surface area contributed by atoms with Gasteiger partial charge in [-0.2, -0.15) is 5.10 Å². The summed E-state index contributed by atoms with van der Waals surface area (Å²) in [6.07, 6.45) is 0. The van der Waals surface area contributed by atoms with Crippen LogP contribution in [0.5, 0.6) is 17.2 Å². The second kappa shape index (κ2) is 11.4. The Labute approximate surface area is 199 Å². The van der Waals surface area contributed by atoms with E-state index in [0.29, 0.717) is 22.9 Å². The first-order valence-corrected chi connectivity index (χ1v) is 11.1. The fourth-order valence-corrected chi connectivity index (χ4v) is 3.50. The number of ether oxygens (including phenoxy) is 3. The summed E-state index contributed by atoms with van der Waals surface area (Å²) in [5.41, 5.74) is 3.26. The first-order chi connectivity index (χ1) is 16.3. The zero-order valence-corrected chi connectivity index (χ0v) is 20.3. The van der Waals surface area contributed by atoms with Crippen molar-refractivity contribution < 1.29 is 19.0 Å². The lowest BCUT2D eigenvalue weighted by Gasteiger charge is -2.15. The van der Waals surface area contributed by atoms with Crippen LogP contribution < -0.4 is 25.1 Å². The molecule has 0 bridgehead atoms. The highest BCUT2D eigenvalue weighted by atomic mass is 16.5. The Morgan fingerprint density at radius 3 is 2.47 bits per heavy atom. The van der Waals surface area contributed by atoms with Gasteiger partial charge in [0, 0.05) is 18.2 Å². The Bertz CT molecular complexity index is 1200. The summed E-state index contributed by atoms with van der Waals surface area (Å²) in [6, 6.07) is 14.5. The number of nitrogens with one attached hydrogen (secondary N) is 1. The molecule has 0 aliphatic carbocycles. The largest absolute Gasteiger partial charge is 0.493 e. The van der Waals surface area contributed by atoms with Crippen LogP contribution in [-0.4, -0.2) is 43.1 Å². The van der Waals surface area contributed by atoms with Crippen molar-refractivity contribution in [3.05, 3.63) is 70.0 Å². The Balaban J connectivity index is 1.61. The molecule has 3 aromatic rings. The first kappa shape index (κ1) is 24.8. The Morgan fingerprint density at radius 1 is 1.00 bits per heavy atom. The number of rotatable bonds is 10. The van der Waals surface area contributed by atoms with Crippen molar-refractivity contribution >= 4 is 5.91 Å². The Kier molecular flexibility index (Phi) is 8.29. The van der Waals surface area contributed by atoms with E-state index in [1.807, 2.05) is 31.2 Å². The quantitative estimate of drug-likeness (QED) is 0.492. The van der Waals surface area contributed by atoms with Gasteiger partial charge in [0.25, 0.3) is 11.5 Å². The van der Waals surface area contributed by atoms with Crippen LogP contribution in [-0.2, 0) is 11.3 Å². The van der Waals surface area contributed by atoms with E-state index in [0.717, 1.165) is 16.7 Å². The van der Waals surface area contributed by atoms with E-state index >= 15 is 0 Å². The molecular formula is C26H31N3O5. The average Bonchev–Trinajstić information content (AvgIpc) is 2.83. The molecule has 1 aromatic heterocycles. The smallest absolute Gasteiger partial charge is 0.266 e. The monoisotopic (exact) mass is 465 g/mol. The average molecular weight is 466 g/mol. The molecule has 0 radical (unpaired) electrons. The van der Waals surface area contributed by atoms with E-state index in [1.54, 1.807) is 32.4 Å². The maximum atomic E-state index is 12.3. The molecule has 0 unspecified atom stereocenters. The predicted molar refractivity (Wildman–Crippen MR) is 131 cm³/mol. The van der Waals surface area contributed by atoms with Crippen LogP contribution in [0.25, 0.3) is 11.3 Å². The third-order valence-electron chi connectivity index (χ3n) is 5.34. The van der Waals surface area contributed by atoms with Crippen LogP contribution in [0, 0.1) is 6.92 Å². The van der Waals surface area contributed by atoms with E-state index in [9.17, 15) is 9.59 Å². The SMILES string of the molecule is COc1ccc(-c2ccc(=O)n(CCNC(=O)COc3cc(C)ccc3C(C)C)n2)cc1OC. The first-order valence-electron chi connectivity index (χ1n) is 11.1. The summed E-state index contributed by atoms with van der Waals surface area (Å²) >= 11 is 0. The molecule has 0 atom stereocenters. The summed E-state index contributed by atoms with van der Waals surface area (Å²) in [7, 11) is 3.13. The molecule has 8 heteroatoms. The number of benzene rings is 2. The minimum atomic E-state index is -0.264. The number of aromatic nitrogens is 2. The van der Waals surface area contributed by atoms with Crippen LogP contribution in [0.4, 0.5) is 0 Å². The molecule has 1 amide bonds. The lowest BCUT2D eigenvalue weighted by Crippen LogP contribution is -2.34. The molecular weight excluding hydrogens is 434 g/mol. The van der Waals surface area contributed by atoms with Crippen LogP contribution in [0.2, 0.25) is 0 Å². The van der Waals surface area contributed by atoms with Gasteiger partial charge in [0.05, 0.1) is 26.5 Å². The highest BCUT2D eigenvalue weighted by Gasteiger charge is 2.11. The number of amides is 1. The number of carbonyl (C=O) groups excluding carboxylic acids is 1. The van der Waals surface area contributed by atoms with Gasteiger partial charge in [-0.05, 0) is 54.3 Å². The normalized spacial score (nSPS) is 10.8. The van der Waals surface area contributed by atoms with Crippen molar-refractivity contribution in [3.8, 4) is 28.5 Å². The molecule has 8 nitrogen and oxygen atoms in total. The number of methoxy groups -OCH3 is 2. The van der Waals surface area contributed by atoms with E-state index in [4.69, 9.17) is 14.2 Å². The number of aryl methyl sites for hydroxylation is 1. The number of hydrogen-bond acceptors (Lipinski definition) is 6. The van der Waals surface area contributed by atoms with Gasteiger partial charge < -0.3 is 19.5 Å². The fraction of sp³-hybridized carbons (Fsp3) is 0.346. The molecule has 34 heavy (non-hydrogen) atoms. The van der Waals surface area contributed by atoms with E-state index in [-0.39, 0.29) is 37.1 Å². The van der Waals surface area contributed by atoms with Gasteiger partial charge in [0.2, 0.25) is 0 Å². The summed E-state index contributed by atoms with van der Waals surface area (Å²) in [5.74, 6) is 1.91. The molecule has 0 aliphatic heterocycles. The van der Waals surface area contributed by atoms with Crippen molar-refractivity contribution in [1.29, 1.82) is 0 Å². The minimum absolute atomic E-state index is 0.100. The van der Waals surface area contributed by atoms with Crippen molar-refractivity contribution in [2.45, 2.75) is 33.2 Å². The van der Waals surface area contributed by atoms with Crippen molar-refractivity contribution in [2.75, 3.05) is 27.4 Å². The molecule has 2 aromatic carbocycles. The van der Waals surface area contributed by atoms with Gasteiger partial charge in [0.1, 0.15) is 5.75 Å². The molecule has 0 saturated heterocycles. The molecule has 0 aliphatic rings. The van der Waals surface area contributed by atoms with Gasteiger partial charge >= 0.3 is 0 Å². The molecule has 1 N–H and O–H groups in total. The number of hydrogen-bond donors (Lipinski definition) is 1. The van der Waals surface area contributed by atoms with Gasteiger partial charge in [-0.25, -0.2) is 4.68 Å². The maximum absolute atomic E-state index is 12.3. The van der Waals surface area contributed by atoms with Crippen LogP contribution in [0.1, 0.15) is 30.9 Å². The van der Waals surface area contributed by atoms with Crippen LogP contribution >= 0.6 is 0 Å². The molecule has 0 spiro atoms. The van der Waals surface area contributed by atoms with Gasteiger partial charge in [-0.1, -0.05) is 26.0 Å². The standard InChI is InChI=1S/C26H31N3O5/c1-17(2)20-8-6-18(3)14-23(20)34-16-25(30)27-12-13-29-26(31)11-9-21(28-29)19-7-10-22(32-4)24(15-19)33-5/h6-11,14-15,17H,12-13,16H2,1-5H3,(H,27,30). The summed E-state index contributed by atoms with van der Waals surface area (Å²) in [5, 5.41) is 7.21. The highest BCUT2D eigenvalue weighted by molar-refractivity contribution is 5.77. The summed E-state index contributed by atoms with van der Waals surface area (Å²) < 4.78 is 17.7. The zero-order chi connectivity index (χ0) is 24.7. The van der Waals surface area contributed by atoms with Crippen molar-refractivity contribution in [1.82, 2.24) is 15.1 Å². The molecule has 1 heterocycles. The molecule has 3 rings (SSSR count). The van der Waals surface area contributed by atoms with Crippen LogP contribution in [0.15, 0.2) is 53.3 Å².